The molecule has 31 heavy (non-hydrogen) atoms. The van der Waals surface area contributed by atoms with Crippen molar-refractivity contribution < 1.29 is 19.1 Å². The van der Waals surface area contributed by atoms with E-state index in [-0.39, 0.29) is 17.7 Å². The molecule has 0 atom stereocenters. The summed E-state index contributed by atoms with van der Waals surface area (Å²) in [6.45, 7) is 0. The Labute approximate surface area is 187 Å². The van der Waals surface area contributed by atoms with Crippen LogP contribution >= 0.6 is 15.9 Å². The Hall–Kier alpha value is -3.71. The molecule has 1 aliphatic heterocycles. The third-order valence-corrected chi connectivity index (χ3v) is 5.27. The molecule has 0 unspecified atom stereocenters. The number of methoxy groups -OCH3 is 1. The second-order valence-electron chi connectivity index (χ2n) is 6.75. The van der Waals surface area contributed by atoms with Crippen molar-refractivity contribution >= 4 is 51.1 Å². The zero-order valence-corrected chi connectivity index (χ0v) is 18.0. The Morgan fingerprint density at radius 2 is 1.68 bits per heavy atom. The van der Waals surface area contributed by atoms with Gasteiger partial charge in [-0.1, -0.05) is 34.1 Å². The molecule has 1 N–H and O–H groups in total. The molecule has 3 amide bonds. The molecular weight excluding hydrogens is 460 g/mol. The van der Waals surface area contributed by atoms with Gasteiger partial charge in [0.1, 0.15) is 5.75 Å². The molecule has 7 heteroatoms. The number of carbonyl (C=O) groups excluding carboxylic acids is 3. The van der Waals surface area contributed by atoms with Gasteiger partial charge in [-0.05, 0) is 54.6 Å². The highest BCUT2D eigenvalue weighted by Gasteiger charge is 2.36. The lowest BCUT2D eigenvalue weighted by Gasteiger charge is -2.15. The van der Waals surface area contributed by atoms with Crippen LogP contribution in [-0.4, -0.2) is 24.8 Å². The van der Waals surface area contributed by atoms with Crippen LogP contribution in [0.4, 0.5) is 11.4 Å². The highest BCUT2D eigenvalue weighted by atomic mass is 79.9. The van der Waals surface area contributed by atoms with E-state index in [4.69, 9.17) is 4.74 Å². The number of halogens is 1. The van der Waals surface area contributed by atoms with E-state index in [1.165, 1.54) is 6.08 Å². The van der Waals surface area contributed by atoms with Gasteiger partial charge in [-0.2, -0.15) is 0 Å². The summed E-state index contributed by atoms with van der Waals surface area (Å²) in [4.78, 5) is 38.9. The van der Waals surface area contributed by atoms with Gasteiger partial charge in [-0.15, -0.1) is 0 Å². The number of fused-ring (bicyclic) bond motifs is 1. The summed E-state index contributed by atoms with van der Waals surface area (Å²) in [6, 6.07) is 18.8. The molecule has 0 aromatic heterocycles. The first kappa shape index (κ1) is 20.6. The first-order valence-corrected chi connectivity index (χ1v) is 10.2. The van der Waals surface area contributed by atoms with E-state index in [2.05, 4.69) is 21.2 Å². The second kappa shape index (κ2) is 8.57. The molecule has 6 nitrogen and oxygen atoms in total. The number of nitrogens with one attached hydrogen (secondary N) is 1. The fourth-order valence-electron chi connectivity index (χ4n) is 3.33. The topological polar surface area (TPSA) is 75.7 Å². The lowest BCUT2D eigenvalue weighted by atomic mass is 10.1. The van der Waals surface area contributed by atoms with E-state index in [1.54, 1.807) is 67.8 Å². The Morgan fingerprint density at radius 3 is 2.35 bits per heavy atom. The summed E-state index contributed by atoms with van der Waals surface area (Å²) in [7, 11) is 1.56. The van der Waals surface area contributed by atoms with Gasteiger partial charge in [-0.25, -0.2) is 4.90 Å². The molecule has 4 rings (SSSR count). The summed E-state index contributed by atoms with van der Waals surface area (Å²) in [6.07, 6.45) is 3.03. The van der Waals surface area contributed by atoms with Gasteiger partial charge in [0.15, 0.2) is 0 Å². The lowest BCUT2D eigenvalue weighted by Crippen LogP contribution is -2.29. The third kappa shape index (κ3) is 4.13. The van der Waals surface area contributed by atoms with E-state index in [0.29, 0.717) is 28.3 Å². The Morgan fingerprint density at radius 1 is 0.968 bits per heavy atom. The minimum atomic E-state index is -0.384. The number of anilines is 2. The highest BCUT2D eigenvalue weighted by Crippen LogP contribution is 2.30. The highest BCUT2D eigenvalue weighted by molar-refractivity contribution is 9.10. The standard InChI is InChI=1S/C24H17BrN2O4/c1-31-21-11-10-16(25)13-15(21)9-12-22(28)26-17-5-4-6-18(14-17)27-23(29)19-7-2-3-8-20(19)24(27)30/h2-14H,1H3,(H,26,28)/b12-9+. The SMILES string of the molecule is COc1ccc(Br)cc1/C=C/C(=O)Nc1cccc(N2C(=O)c3ccccc3C2=O)c1. The molecule has 0 saturated carbocycles. The van der Waals surface area contributed by atoms with Gasteiger partial charge in [0.05, 0.1) is 23.9 Å². The fraction of sp³-hybridized carbons (Fsp3) is 0.0417. The number of hydrogen-bond donors (Lipinski definition) is 1. The molecule has 1 aliphatic rings. The number of carbonyl (C=O) groups is 3. The van der Waals surface area contributed by atoms with Crippen molar-refractivity contribution in [3.8, 4) is 5.75 Å². The number of hydrogen-bond acceptors (Lipinski definition) is 4. The van der Waals surface area contributed by atoms with Gasteiger partial charge >= 0.3 is 0 Å². The average Bonchev–Trinajstić information content (AvgIpc) is 3.03. The average molecular weight is 477 g/mol. The van der Waals surface area contributed by atoms with Crippen LogP contribution in [0.1, 0.15) is 26.3 Å². The van der Waals surface area contributed by atoms with Crippen LogP contribution in [0.25, 0.3) is 6.08 Å². The molecule has 3 aromatic rings. The van der Waals surface area contributed by atoms with Crippen LogP contribution < -0.4 is 15.0 Å². The number of ether oxygens (including phenoxy) is 1. The zero-order valence-electron chi connectivity index (χ0n) is 16.5. The molecule has 0 fully saturated rings. The molecular formula is C24H17BrN2O4. The number of rotatable bonds is 5. The van der Waals surface area contributed by atoms with E-state index in [1.807, 2.05) is 12.1 Å². The zero-order chi connectivity index (χ0) is 22.0. The van der Waals surface area contributed by atoms with Crippen LogP contribution in [0.2, 0.25) is 0 Å². The smallest absolute Gasteiger partial charge is 0.266 e. The van der Waals surface area contributed by atoms with Crippen molar-refractivity contribution in [2.75, 3.05) is 17.3 Å². The second-order valence-corrected chi connectivity index (χ2v) is 7.67. The van der Waals surface area contributed by atoms with E-state index in [0.717, 1.165) is 14.9 Å². The molecule has 0 saturated heterocycles. The Bertz CT molecular complexity index is 1200. The number of amides is 3. The quantitative estimate of drug-likeness (QED) is 0.419. The predicted molar refractivity (Wildman–Crippen MR) is 122 cm³/mol. The maximum atomic E-state index is 12.7. The minimum Gasteiger partial charge on any atom is -0.496 e. The molecule has 154 valence electrons. The predicted octanol–water partition coefficient (Wildman–Crippen LogP) is 4.91. The van der Waals surface area contributed by atoms with Crippen molar-refractivity contribution in [3.05, 3.63) is 94.0 Å². The van der Waals surface area contributed by atoms with Gasteiger partial charge in [0.2, 0.25) is 5.91 Å². The van der Waals surface area contributed by atoms with Gasteiger partial charge in [-0.3, -0.25) is 14.4 Å². The molecule has 3 aromatic carbocycles. The van der Waals surface area contributed by atoms with Crippen LogP contribution in [0.5, 0.6) is 5.75 Å². The van der Waals surface area contributed by atoms with E-state index >= 15 is 0 Å². The number of nitrogens with zero attached hydrogens (tertiary/aromatic N) is 1. The fourth-order valence-corrected chi connectivity index (χ4v) is 3.71. The summed E-state index contributed by atoms with van der Waals surface area (Å²) < 4.78 is 6.16. The number of benzene rings is 3. The van der Waals surface area contributed by atoms with E-state index < -0.39 is 0 Å². The molecule has 0 aliphatic carbocycles. The minimum absolute atomic E-state index is 0.360. The molecule has 0 radical (unpaired) electrons. The van der Waals surface area contributed by atoms with Gasteiger partial charge < -0.3 is 10.1 Å². The third-order valence-electron chi connectivity index (χ3n) is 4.77. The molecule has 0 spiro atoms. The Kier molecular flexibility index (Phi) is 5.68. The largest absolute Gasteiger partial charge is 0.496 e. The maximum absolute atomic E-state index is 12.7. The van der Waals surface area contributed by atoms with Crippen molar-refractivity contribution in [2.24, 2.45) is 0 Å². The van der Waals surface area contributed by atoms with Crippen molar-refractivity contribution in [2.45, 2.75) is 0 Å². The summed E-state index contributed by atoms with van der Waals surface area (Å²) in [5, 5.41) is 2.75. The lowest BCUT2D eigenvalue weighted by molar-refractivity contribution is -0.111. The summed E-state index contributed by atoms with van der Waals surface area (Å²) >= 11 is 3.40. The van der Waals surface area contributed by atoms with Crippen LogP contribution in [0, 0.1) is 0 Å². The Balaban J connectivity index is 1.52. The molecule has 0 bridgehead atoms. The van der Waals surface area contributed by atoms with Crippen molar-refractivity contribution in [1.82, 2.24) is 0 Å². The monoisotopic (exact) mass is 476 g/mol. The van der Waals surface area contributed by atoms with Crippen molar-refractivity contribution in [3.63, 3.8) is 0 Å². The van der Waals surface area contributed by atoms with Crippen molar-refractivity contribution in [1.29, 1.82) is 0 Å². The van der Waals surface area contributed by atoms with Crippen LogP contribution in [0.15, 0.2) is 77.3 Å². The molecule has 1 heterocycles. The van der Waals surface area contributed by atoms with Crippen LogP contribution in [-0.2, 0) is 4.79 Å². The van der Waals surface area contributed by atoms with E-state index in [9.17, 15) is 14.4 Å². The number of imide groups is 1. The van der Waals surface area contributed by atoms with Gasteiger partial charge in [0.25, 0.3) is 11.8 Å². The van der Waals surface area contributed by atoms with Gasteiger partial charge in [0, 0.05) is 21.8 Å². The first-order chi connectivity index (χ1) is 15.0. The summed E-state index contributed by atoms with van der Waals surface area (Å²) in [5.41, 5.74) is 2.33. The maximum Gasteiger partial charge on any atom is 0.266 e. The van der Waals surface area contributed by atoms with Crippen LogP contribution in [0.3, 0.4) is 0 Å². The normalized spacial score (nSPS) is 12.9. The first-order valence-electron chi connectivity index (χ1n) is 9.38. The summed E-state index contributed by atoms with van der Waals surface area (Å²) in [5.74, 6) is -0.488.